The zero-order valence-corrected chi connectivity index (χ0v) is 25.0. The summed E-state index contributed by atoms with van der Waals surface area (Å²) in [4.78, 5) is 12.7. The third kappa shape index (κ3) is 4.06. The maximum atomic E-state index is 12.7. The predicted molar refractivity (Wildman–Crippen MR) is 149 cm³/mol. The van der Waals surface area contributed by atoms with E-state index >= 15 is 0 Å². The van der Waals surface area contributed by atoms with Crippen molar-refractivity contribution in [2.45, 2.75) is 136 Å². The maximum absolute atomic E-state index is 12.7. The summed E-state index contributed by atoms with van der Waals surface area (Å²) in [6.45, 7) is 15.0. The van der Waals surface area contributed by atoms with E-state index in [0.717, 1.165) is 50.0 Å². The lowest BCUT2D eigenvalue weighted by atomic mass is 9.44. The molecule has 0 aromatic carbocycles. The van der Waals surface area contributed by atoms with E-state index in [1.807, 2.05) is 6.92 Å². The van der Waals surface area contributed by atoms with Gasteiger partial charge in [0.1, 0.15) is 12.1 Å². The number of ether oxygens (including phenoxy) is 3. The van der Waals surface area contributed by atoms with Crippen LogP contribution in [0.25, 0.3) is 0 Å². The number of nitrogens with two attached hydrogens (primary N) is 1. The van der Waals surface area contributed by atoms with Crippen LogP contribution in [0.2, 0.25) is 0 Å². The highest BCUT2D eigenvalue weighted by Gasteiger charge is 2.69. The smallest absolute Gasteiger partial charge is 0.323 e. The first-order chi connectivity index (χ1) is 18.0. The van der Waals surface area contributed by atoms with Gasteiger partial charge in [-0.3, -0.25) is 4.79 Å². The van der Waals surface area contributed by atoms with Crippen LogP contribution in [0.3, 0.4) is 0 Å². The van der Waals surface area contributed by atoms with Gasteiger partial charge >= 0.3 is 5.97 Å². The molecule has 6 rings (SSSR count). The van der Waals surface area contributed by atoms with Crippen LogP contribution in [0.15, 0.2) is 0 Å². The summed E-state index contributed by atoms with van der Waals surface area (Å²) >= 11 is 0. The Morgan fingerprint density at radius 2 is 1.76 bits per heavy atom. The van der Waals surface area contributed by atoms with Gasteiger partial charge in [0, 0.05) is 12.3 Å². The van der Waals surface area contributed by atoms with Crippen molar-refractivity contribution in [3.63, 3.8) is 0 Å². The lowest BCUT2D eigenvalue weighted by molar-refractivity contribution is -0.273. The zero-order chi connectivity index (χ0) is 27.0. The molecule has 5 heteroatoms. The third-order valence-corrected chi connectivity index (χ3v) is 13.7. The highest BCUT2D eigenvalue weighted by molar-refractivity contribution is 5.76. The average molecular weight is 530 g/mol. The number of hydrogen-bond donors (Lipinski definition) is 1. The standard InChI is InChI=1S/C33H55NO4/c1-7-20(3)29(34)30(35)37-23-11-13-31(5)22(16-23)8-9-24-25(31)12-14-32(6)26(24)17-27-28(32)21(4)33(38-27)15-10-19(2)18-36-33/h19-29H,7-18,34H2,1-6H3/t19?,20-,21-,22?,23+,24+,25-,26-,27-,28-,29-,31-,32-,33+/m0/s1. The molecule has 0 radical (unpaired) electrons. The summed E-state index contributed by atoms with van der Waals surface area (Å²) in [6, 6.07) is -0.493. The molecule has 2 heterocycles. The summed E-state index contributed by atoms with van der Waals surface area (Å²) in [5, 5.41) is 0. The van der Waals surface area contributed by atoms with Crippen molar-refractivity contribution in [2.75, 3.05) is 6.61 Å². The molecule has 2 N–H and O–H groups in total. The lowest BCUT2D eigenvalue weighted by Gasteiger charge is -2.61. The van der Waals surface area contributed by atoms with Crippen molar-refractivity contribution in [2.24, 2.45) is 63.9 Å². The van der Waals surface area contributed by atoms with Gasteiger partial charge in [-0.05, 0) is 110 Å². The SMILES string of the molecule is CC[C@H](C)[C@H](N)C(=O)O[C@@H]1CC[C@@]2(C)C(CC[C@H]3[C@@H]4C[C@@H]5O[C@]6(CCC(C)CO6)[C@@H](C)[C@@H]5[C@@]4(C)CC[C@@H]32)C1. The van der Waals surface area contributed by atoms with Crippen LogP contribution in [0, 0.1) is 58.2 Å². The number of carbonyl (C=O) groups excluding carboxylic acids is 1. The Labute approximate surface area is 231 Å². The van der Waals surface area contributed by atoms with E-state index in [0.29, 0.717) is 40.6 Å². The van der Waals surface area contributed by atoms with Gasteiger partial charge < -0.3 is 19.9 Å². The topological polar surface area (TPSA) is 70.8 Å². The van der Waals surface area contributed by atoms with Crippen LogP contribution in [-0.4, -0.2) is 36.6 Å². The van der Waals surface area contributed by atoms with Gasteiger partial charge in [-0.1, -0.05) is 48.0 Å². The molecule has 4 aliphatic carbocycles. The highest BCUT2D eigenvalue weighted by Crippen LogP contribution is 2.71. The van der Waals surface area contributed by atoms with E-state index in [1.165, 1.54) is 44.9 Å². The van der Waals surface area contributed by atoms with Gasteiger partial charge in [-0.25, -0.2) is 0 Å². The van der Waals surface area contributed by atoms with Crippen molar-refractivity contribution >= 4 is 5.97 Å². The molecule has 38 heavy (non-hydrogen) atoms. The van der Waals surface area contributed by atoms with Crippen LogP contribution in [0.5, 0.6) is 0 Å². The van der Waals surface area contributed by atoms with Crippen LogP contribution in [-0.2, 0) is 19.0 Å². The molecule has 0 amide bonds. The van der Waals surface area contributed by atoms with Gasteiger partial charge in [0.15, 0.2) is 5.79 Å². The van der Waals surface area contributed by atoms with Gasteiger partial charge in [-0.2, -0.15) is 0 Å². The molecule has 0 bridgehead atoms. The van der Waals surface area contributed by atoms with Crippen LogP contribution in [0.4, 0.5) is 0 Å². The van der Waals surface area contributed by atoms with E-state index < -0.39 is 6.04 Å². The summed E-state index contributed by atoms with van der Waals surface area (Å²) in [6.07, 6.45) is 13.4. The van der Waals surface area contributed by atoms with Gasteiger partial charge in [-0.15, -0.1) is 0 Å². The minimum Gasteiger partial charge on any atom is -0.461 e. The van der Waals surface area contributed by atoms with Crippen molar-refractivity contribution in [1.82, 2.24) is 0 Å². The second-order valence-corrected chi connectivity index (χ2v) is 15.4. The minimum absolute atomic E-state index is 0.0515. The number of fused-ring (bicyclic) bond motifs is 7. The molecule has 6 aliphatic rings. The molecule has 2 unspecified atom stereocenters. The van der Waals surface area contributed by atoms with Gasteiger partial charge in [0.2, 0.25) is 0 Å². The van der Waals surface area contributed by atoms with E-state index in [9.17, 15) is 4.79 Å². The van der Waals surface area contributed by atoms with Gasteiger partial charge in [0.05, 0.1) is 12.7 Å². The highest BCUT2D eigenvalue weighted by atomic mass is 16.7. The molecule has 216 valence electrons. The zero-order valence-electron chi connectivity index (χ0n) is 25.0. The van der Waals surface area contributed by atoms with E-state index in [4.69, 9.17) is 19.9 Å². The first kappa shape index (κ1) is 27.5. The average Bonchev–Trinajstić information content (AvgIpc) is 3.35. The Balaban J connectivity index is 1.13. The summed E-state index contributed by atoms with van der Waals surface area (Å²) < 4.78 is 19.5. The molecule has 14 atom stereocenters. The molecule has 2 aliphatic heterocycles. The van der Waals surface area contributed by atoms with Crippen LogP contribution in [0.1, 0.15) is 112 Å². The summed E-state index contributed by atoms with van der Waals surface area (Å²) in [7, 11) is 0. The fraction of sp³-hybridized carbons (Fsp3) is 0.970. The summed E-state index contributed by atoms with van der Waals surface area (Å²) in [5.74, 6) is 4.51. The second kappa shape index (κ2) is 9.72. The fourth-order valence-electron chi connectivity index (χ4n) is 11.1. The van der Waals surface area contributed by atoms with Crippen molar-refractivity contribution in [3.05, 3.63) is 0 Å². The molecule has 1 spiro atoms. The molecule has 5 nitrogen and oxygen atoms in total. The Hall–Kier alpha value is -0.650. The van der Waals surface area contributed by atoms with E-state index in [2.05, 4.69) is 34.6 Å². The van der Waals surface area contributed by atoms with Crippen molar-refractivity contribution in [1.29, 1.82) is 0 Å². The number of esters is 1. The molecule has 2 saturated heterocycles. The first-order valence-corrected chi connectivity index (χ1v) is 16.3. The van der Waals surface area contributed by atoms with E-state index in [1.54, 1.807) is 0 Å². The second-order valence-electron chi connectivity index (χ2n) is 15.4. The summed E-state index contributed by atoms with van der Waals surface area (Å²) in [5.41, 5.74) is 6.96. The maximum Gasteiger partial charge on any atom is 0.323 e. The minimum atomic E-state index is -0.493. The molecule has 0 aromatic heterocycles. The Morgan fingerprint density at radius 3 is 2.47 bits per heavy atom. The third-order valence-electron chi connectivity index (χ3n) is 13.7. The lowest BCUT2D eigenvalue weighted by Crippen LogP contribution is -2.55. The Morgan fingerprint density at radius 1 is 1.00 bits per heavy atom. The molecule has 4 saturated carbocycles. The largest absolute Gasteiger partial charge is 0.461 e. The Bertz CT molecular complexity index is 899. The number of carbonyl (C=O) groups is 1. The van der Waals surface area contributed by atoms with Crippen molar-refractivity contribution < 1.29 is 19.0 Å². The number of hydrogen-bond acceptors (Lipinski definition) is 5. The Kier molecular flexibility index (Phi) is 7.04. The molecular weight excluding hydrogens is 474 g/mol. The van der Waals surface area contributed by atoms with E-state index in [-0.39, 0.29) is 23.8 Å². The van der Waals surface area contributed by atoms with Crippen LogP contribution >= 0.6 is 0 Å². The van der Waals surface area contributed by atoms with Gasteiger partial charge in [0.25, 0.3) is 0 Å². The van der Waals surface area contributed by atoms with Crippen molar-refractivity contribution in [3.8, 4) is 0 Å². The first-order valence-electron chi connectivity index (χ1n) is 16.3. The molecule has 0 aromatic rings. The molecular formula is C33H55NO4. The quantitative estimate of drug-likeness (QED) is 0.410. The monoisotopic (exact) mass is 529 g/mol. The molecule has 6 fully saturated rings. The van der Waals surface area contributed by atoms with Crippen LogP contribution < -0.4 is 5.73 Å². The normalized spacial score (nSPS) is 53.4. The predicted octanol–water partition coefficient (Wildman–Crippen LogP) is 6.72. The fourth-order valence-corrected chi connectivity index (χ4v) is 11.1. The number of rotatable bonds is 4.